The minimum atomic E-state index is 0.00546. The number of ether oxygens (including phenoxy) is 1. The van der Waals surface area contributed by atoms with Crippen LogP contribution in [0, 0.1) is 0 Å². The Balaban J connectivity index is 0.000000188. The maximum absolute atomic E-state index is 12.4. The normalized spacial score (nSPS) is 23.4. The van der Waals surface area contributed by atoms with E-state index in [1.807, 2.05) is 28.5 Å². The number of hydrogen-bond acceptors (Lipinski definition) is 8. The highest BCUT2D eigenvalue weighted by Gasteiger charge is 2.43. The van der Waals surface area contributed by atoms with Crippen molar-refractivity contribution in [1.29, 1.82) is 0 Å². The zero-order chi connectivity index (χ0) is 18.8. The van der Waals surface area contributed by atoms with Crippen LogP contribution in [0.25, 0.3) is 0 Å². The van der Waals surface area contributed by atoms with Gasteiger partial charge in [-0.3, -0.25) is 9.59 Å². The molecule has 1 aliphatic carbocycles. The fraction of sp³-hybridized carbons (Fsp3) is 0.667. The molecule has 8 heteroatoms. The summed E-state index contributed by atoms with van der Waals surface area (Å²) in [4.78, 5) is 30.5. The van der Waals surface area contributed by atoms with Crippen molar-refractivity contribution >= 4 is 36.8 Å². The smallest absolute Gasteiger partial charge is 0.227 e. The zero-order valence-corrected chi connectivity index (χ0v) is 17.1. The topological polar surface area (TPSA) is 52.4 Å². The third kappa shape index (κ3) is 4.78. The van der Waals surface area contributed by atoms with Crippen molar-refractivity contribution in [2.45, 2.75) is 37.6 Å². The second-order valence-electron chi connectivity index (χ2n) is 6.74. The molecule has 3 saturated heterocycles. The number of allylic oxidation sites excluding steroid dienone is 1. The molecule has 0 aromatic heterocycles. The van der Waals surface area contributed by atoms with Gasteiger partial charge in [0.05, 0.1) is 5.70 Å². The van der Waals surface area contributed by atoms with E-state index >= 15 is 0 Å². The van der Waals surface area contributed by atoms with Crippen LogP contribution in [0.3, 0.4) is 0 Å². The molecule has 2 unspecified atom stereocenters. The fourth-order valence-electron chi connectivity index (χ4n) is 2.65. The van der Waals surface area contributed by atoms with E-state index in [0.29, 0.717) is 17.1 Å². The second-order valence-corrected chi connectivity index (χ2v) is 7.90. The van der Waals surface area contributed by atoms with E-state index in [-0.39, 0.29) is 22.4 Å². The van der Waals surface area contributed by atoms with Crippen molar-refractivity contribution in [2.75, 3.05) is 39.3 Å². The lowest BCUT2D eigenvalue weighted by molar-refractivity contribution is -0.117. The standard InChI is InChI=1S/C12H13N3O2.C6H14OS2/c16-9-7-8(13-1-2-13)12(17)11(15-5-6-15)10(9)14-3-4-14;1-3-5(8)7-6(9)4-2/h7H,1-6H2;5-6,8-9H,3-4H2,1-2H3. The highest BCUT2D eigenvalue weighted by atomic mass is 32.1. The first-order valence-corrected chi connectivity index (χ1v) is 10.3. The van der Waals surface area contributed by atoms with Gasteiger partial charge in [-0.2, -0.15) is 0 Å². The van der Waals surface area contributed by atoms with Crippen LogP contribution in [-0.2, 0) is 14.3 Å². The van der Waals surface area contributed by atoms with Gasteiger partial charge in [0.1, 0.15) is 22.3 Å². The molecular formula is C18H27N3O3S2. The molecule has 3 fully saturated rings. The number of Topliss-reactive ketones (excluding diaryl/α,β-unsaturated/α-hetero) is 1. The molecule has 0 saturated carbocycles. The van der Waals surface area contributed by atoms with Crippen molar-refractivity contribution in [3.63, 3.8) is 0 Å². The Kier molecular flexibility index (Phi) is 6.25. The van der Waals surface area contributed by atoms with E-state index in [1.165, 1.54) is 6.08 Å². The Bertz CT molecular complexity index is 630. The molecule has 26 heavy (non-hydrogen) atoms. The van der Waals surface area contributed by atoms with Gasteiger partial charge >= 0.3 is 0 Å². The van der Waals surface area contributed by atoms with Crippen molar-refractivity contribution in [3.05, 3.63) is 23.2 Å². The summed E-state index contributed by atoms with van der Waals surface area (Å²) in [5.74, 6) is 0.0485. The van der Waals surface area contributed by atoms with E-state index in [1.54, 1.807) is 0 Å². The Morgan fingerprint density at radius 2 is 1.35 bits per heavy atom. The number of ketones is 2. The molecule has 4 rings (SSSR count). The van der Waals surface area contributed by atoms with Gasteiger partial charge in [-0.1, -0.05) is 13.8 Å². The minimum Gasteiger partial charge on any atom is -0.365 e. The van der Waals surface area contributed by atoms with E-state index in [4.69, 9.17) is 4.74 Å². The summed E-state index contributed by atoms with van der Waals surface area (Å²) in [6.07, 6.45) is 3.39. The number of hydrogen-bond donors (Lipinski definition) is 2. The molecule has 2 atom stereocenters. The maximum Gasteiger partial charge on any atom is 0.227 e. The summed E-state index contributed by atoms with van der Waals surface area (Å²) in [5, 5.41) is 0. The summed E-state index contributed by atoms with van der Waals surface area (Å²) in [7, 11) is 0. The second kappa shape index (κ2) is 8.27. The maximum atomic E-state index is 12.4. The first-order valence-electron chi connectivity index (χ1n) is 9.27. The van der Waals surface area contributed by atoms with Crippen LogP contribution >= 0.6 is 25.3 Å². The number of rotatable bonds is 7. The Morgan fingerprint density at radius 1 is 0.885 bits per heavy atom. The molecule has 0 spiro atoms. The van der Waals surface area contributed by atoms with Crippen LogP contribution in [0.5, 0.6) is 0 Å². The van der Waals surface area contributed by atoms with Crippen molar-refractivity contribution in [2.24, 2.45) is 0 Å². The zero-order valence-electron chi connectivity index (χ0n) is 15.3. The van der Waals surface area contributed by atoms with Crippen molar-refractivity contribution in [3.8, 4) is 0 Å². The van der Waals surface area contributed by atoms with Gasteiger partial charge in [0.15, 0.2) is 0 Å². The van der Waals surface area contributed by atoms with Crippen LogP contribution in [0.4, 0.5) is 0 Å². The van der Waals surface area contributed by atoms with Gasteiger partial charge in [0, 0.05) is 45.3 Å². The fourth-order valence-corrected chi connectivity index (χ4v) is 3.04. The van der Waals surface area contributed by atoms with E-state index in [0.717, 1.165) is 52.1 Å². The molecule has 0 radical (unpaired) electrons. The van der Waals surface area contributed by atoms with E-state index < -0.39 is 0 Å². The third-order valence-corrected chi connectivity index (χ3v) is 5.47. The Morgan fingerprint density at radius 3 is 1.77 bits per heavy atom. The summed E-state index contributed by atoms with van der Waals surface area (Å²) in [5.41, 5.74) is 1.98. The first-order chi connectivity index (χ1) is 12.5. The van der Waals surface area contributed by atoms with Gasteiger partial charge in [-0.25, -0.2) is 0 Å². The molecule has 0 amide bonds. The van der Waals surface area contributed by atoms with Gasteiger partial charge in [0.25, 0.3) is 0 Å². The molecule has 0 aromatic carbocycles. The van der Waals surface area contributed by atoms with Gasteiger partial charge in [-0.15, -0.1) is 25.3 Å². The van der Waals surface area contributed by atoms with Gasteiger partial charge in [0.2, 0.25) is 11.6 Å². The summed E-state index contributed by atoms with van der Waals surface area (Å²) in [6, 6.07) is 0. The van der Waals surface area contributed by atoms with Crippen molar-refractivity contribution in [1.82, 2.24) is 14.7 Å². The van der Waals surface area contributed by atoms with Crippen LogP contribution in [0.15, 0.2) is 23.2 Å². The molecule has 3 aliphatic heterocycles. The van der Waals surface area contributed by atoms with Crippen LogP contribution in [-0.4, -0.2) is 76.4 Å². The molecule has 0 bridgehead atoms. The average Bonchev–Trinajstić information content (AvgIpc) is 3.49. The van der Waals surface area contributed by atoms with Crippen LogP contribution < -0.4 is 0 Å². The molecule has 3 heterocycles. The monoisotopic (exact) mass is 397 g/mol. The molecule has 0 N–H and O–H groups in total. The first kappa shape index (κ1) is 19.6. The lowest BCUT2D eigenvalue weighted by Gasteiger charge is -2.21. The summed E-state index contributed by atoms with van der Waals surface area (Å²) < 4.78 is 5.28. The Labute approximate surface area is 166 Å². The summed E-state index contributed by atoms with van der Waals surface area (Å²) in [6.45, 7) is 9.48. The average molecular weight is 398 g/mol. The van der Waals surface area contributed by atoms with Crippen LogP contribution in [0.1, 0.15) is 26.7 Å². The number of thiol groups is 2. The van der Waals surface area contributed by atoms with Gasteiger partial charge in [-0.05, 0) is 12.8 Å². The molecule has 4 aliphatic rings. The number of nitrogens with zero attached hydrogens (tertiary/aromatic N) is 3. The van der Waals surface area contributed by atoms with Crippen LogP contribution in [0.2, 0.25) is 0 Å². The SMILES string of the molecule is CCC(S)OC(S)CC.O=C1C=C(N2CC2)C(=O)C(N2CC2)=C1N1CC1. The summed E-state index contributed by atoms with van der Waals surface area (Å²) >= 11 is 8.30. The minimum absolute atomic E-state index is 0.00546. The molecular weight excluding hydrogens is 370 g/mol. The van der Waals surface area contributed by atoms with E-state index in [9.17, 15) is 9.59 Å². The Hall–Kier alpha value is -1.12. The largest absolute Gasteiger partial charge is 0.365 e. The van der Waals surface area contributed by atoms with E-state index in [2.05, 4.69) is 25.3 Å². The predicted octanol–water partition coefficient (Wildman–Crippen LogP) is 1.52. The quantitative estimate of drug-likeness (QED) is 0.294. The van der Waals surface area contributed by atoms with Crippen molar-refractivity contribution < 1.29 is 14.3 Å². The number of carbonyl (C=O) groups excluding carboxylic acids is 2. The molecule has 6 nitrogen and oxygen atoms in total. The van der Waals surface area contributed by atoms with Gasteiger partial charge < -0.3 is 19.4 Å². The lowest BCUT2D eigenvalue weighted by Crippen LogP contribution is -2.29. The lowest BCUT2D eigenvalue weighted by atomic mass is 10.0. The number of carbonyl (C=O) groups is 2. The highest BCUT2D eigenvalue weighted by molar-refractivity contribution is 7.81. The molecule has 0 aromatic rings. The predicted molar refractivity (Wildman–Crippen MR) is 107 cm³/mol. The highest BCUT2D eigenvalue weighted by Crippen LogP contribution is 2.33. The molecule has 144 valence electrons. The third-order valence-electron chi connectivity index (χ3n) is 4.50.